The fourth-order valence-electron chi connectivity index (χ4n) is 3.69. The molecular formula is C19H25N7O2. The molecule has 1 amide bonds. The highest BCUT2D eigenvalue weighted by Gasteiger charge is 2.24. The van der Waals surface area contributed by atoms with Crippen LogP contribution in [-0.2, 0) is 4.79 Å². The second-order valence-electron chi connectivity index (χ2n) is 7.50. The molecule has 0 aliphatic carbocycles. The van der Waals surface area contributed by atoms with Crippen LogP contribution in [0, 0.1) is 19.8 Å². The molecular weight excluding hydrogens is 358 g/mol. The molecule has 148 valence electrons. The number of fused-ring (bicyclic) bond motifs is 1. The van der Waals surface area contributed by atoms with Crippen LogP contribution in [0.25, 0.3) is 22.7 Å². The van der Waals surface area contributed by atoms with E-state index < -0.39 is 0 Å². The van der Waals surface area contributed by atoms with E-state index in [2.05, 4.69) is 24.8 Å². The van der Waals surface area contributed by atoms with Gasteiger partial charge in [0.2, 0.25) is 11.9 Å². The lowest BCUT2D eigenvalue weighted by atomic mass is 9.93. The Kier molecular flexibility index (Phi) is 4.66. The molecule has 0 saturated carbocycles. The summed E-state index contributed by atoms with van der Waals surface area (Å²) in [4.78, 5) is 30.1. The molecule has 0 spiro atoms. The van der Waals surface area contributed by atoms with Crippen LogP contribution in [0.15, 0.2) is 10.5 Å². The Morgan fingerprint density at radius 1 is 1.36 bits per heavy atom. The number of carbonyl (C=O) groups excluding carboxylic acids is 1. The van der Waals surface area contributed by atoms with Gasteiger partial charge in [-0.1, -0.05) is 0 Å². The first-order chi connectivity index (χ1) is 13.4. The van der Waals surface area contributed by atoms with Crippen LogP contribution in [0.5, 0.6) is 0 Å². The van der Waals surface area contributed by atoms with Gasteiger partial charge in [-0.3, -0.25) is 4.79 Å². The third-order valence-electron chi connectivity index (χ3n) is 5.37. The Bertz CT molecular complexity index is 1000. The number of nitrogens with zero attached hydrogens (tertiary/aromatic N) is 4. The van der Waals surface area contributed by atoms with Gasteiger partial charge in [-0.25, -0.2) is 9.97 Å². The van der Waals surface area contributed by atoms with Crippen molar-refractivity contribution in [2.75, 3.05) is 23.7 Å². The number of rotatable bonds is 5. The molecule has 4 rings (SSSR count). The van der Waals surface area contributed by atoms with Crippen LogP contribution in [0.4, 0.5) is 11.8 Å². The van der Waals surface area contributed by atoms with E-state index >= 15 is 0 Å². The number of anilines is 2. The SMILES string of the molecule is Cc1cc(-c2nc(N)c3[nH]c(N4CCCC(CCC(N)=O)C4)nc3n2)oc1C. The number of hydrogen-bond donors (Lipinski definition) is 3. The molecule has 1 unspecified atom stereocenters. The minimum absolute atomic E-state index is 0.250. The Hall–Kier alpha value is -3.10. The van der Waals surface area contributed by atoms with Gasteiger partial charge >= 0.3 is 0 Å². The van der Waals surface area contributed by atoms with Crippen molar-refractivity contribution in [3.8, 4) is 11.6 Å². The van der Waals surface area contributed by atoms with E-state index in [1.54, 1.807) is 0 Å². The highest BCUT2D eigenvalue weighted by molar-refractivity contribution is 5.85. The molecule has 1 saturated heterocycles. The van der Waals surface area contributed by atoms with Gasteiger partial charge in [0.25, 0.3) is 0 Å². The summed E-state index contributed by atoms with van der Waals surface area (Å²) in [5, 5.41) is 0. The van der Waals surface area contributed by atoms with Crippen molar-refractivity contribution < 1.29 is 9.21 Å². The highest BCUT2D eigenvalue weighted by Crippen LogP contribution is 2.29. The van der Waals surface area contributed by atoms with Gasteiger partial charge in [-0.2, -0.15) is 4.98 Å². The summed E-state index contributed by atoms with van der Waals surface area (Å²) in [5.74, 6) is 3.07. The van der Waals surface area contributed by atoms with Gasteiger partial charge in [-0.15, -0.1) is 0 Å². The lowest BCUT2D eigenvalue weighted by Gasteiger charge is -2.32. The van der Waals surface area contributed by atoms with E-state index in [1.165, 1.54) is 0 Å². The molecule has 0 bridgehead atoms. The highest BCUT2D eigenvalue weighted by atomic mass is 16.3. The van der Waals surface area contributed by atoms with Crippen molar-refractivity contribution in [3.63, 3.8) is 0 Å². The largest absolute Gasteiger partial charge is 0.458 e. The molecule has 1 fully saturated rings. The summed E-state index contributed by atoms with van der Waals surface area (Å²) < 4.78 is 5.72. The smallest absolute Gasteiger partial charge is 0.217 e. The number of nitrogens with one attached hydrogen (secondary N) is 1. The van der Waals surface area contributed by atoms with Gasteiger partial charge in [0.15, 0.2) is 23.0 Å². The van der Waals surface area contributed by atoms with Gasteiger partial charge in [0, 0.05) is 19.5 Å². The van der Waals surface area contributed by atoms with Crippen molar-refractivity contribution in [2.24, 2.45) is 11.7 Å². The van der Waals surface area contributed by atoms with Crippen LogP contribution in [0.2, 0.25) is 0 Å². The van der Waals surface area contributed by atoms with Crippen LogP contribution in [-0.4, -0.2) is 38.9 Å². The van der Waals surface area contributed by atoms with Crippen molar-refractivity contribution >= 4 is 28.8 Å². The maximum Gasteiger partial charge on any atom is 0.217 e. The number of aryl methyl sites for hydroxylation is 2. The van der Waals surface area contributed by atoms with Crippen LogP contribution >= 0.6 is 0 Å². The fourth-order valence-corrected chi connectivity index (χ4v) is 3.69. The quantitative estimate of drug-likeness (QED) is 0.614. The molecule has 3 aromatic rings. The van der Waals surface area contributed by atoms with E-state index in [9.17, 15) is 4.79 Å². The van der Waals surface area contributed by atoms with Crippen LogP contribution < -0.4 is 16.4 Å². The standard InChI is InChI=1S/C19H25N7O2/c1-10-8-13(28-11(10)2)17-23-16(21)15-18(24-17)25-19(22-15)26-7-3-4-12(9-26)5-6-14(20)27/h8,12H,3-7,9H2,1-2H3,(H2,20,27)(H3,21,22,23,24,25). The zero-order valence-corrected chi connectivity index (χ0v) is 16.2. The molecule has 1 atom stereocenters. The first kappa shape index (κ1) is 18.3. The molecule has 4 heterocycles. The Morgan fingerprint density at radius 3 is 2.89 bits per heavy atom. The summed E-state index contributed by atoms with van der Waals surface area (Å²) in [6.07, 6.45) is 3.35. The summed E-state index contributed by atoms with van der Waals surface area (Å²) in [7, 11) is 0. The minimum Gasteiger partial charge on any atom is -0.458 e. The normalized spacial score (nSPS) is 17.4. The topological polar surface area (TPSA) is 140 Å². The van der Waals surface area contributed by atoms with E-state index in [0.29, 0.717) is 40.9 Å². The number of nitrogens with two attached hydrogens (primary N) is 2. The summed E-state index contributed by atoms with van der Waals surface area (Å²) in [5.41, 5.74) is 13.6. The summed E-state index contributed by atoms with van der Waals surface area (Å²) in [6, 6.07) is 1.90. The second-order valence-corrected chi connectivity index (χ2v) is 7.50. The first-order valence-electron chi connectivity index (χ1n) is 9.54. The number of H-pyrrole nitrogens is 1. The van der Waals surface area contributed by atoms with Crippen LogP contribution in [0.1, 0.15) is 37.0 Å². The third kappa shape index (κ3) is 3.51. The van der Waals surface area contributed by atoms with Crippen molar-refractivity contribution in [2.45, 2.75) is 39.5 Å². The molecule has 0 radical (unpaired) electrons. The van der Waals surface area contributed by atoms with E-state index in [1.807, 2.05) is 19.9 Å². The zero-order valence-electron chi connectivity index (χ0n) is 16.2. The second kappa shape index (κ2) is 7.14. The van der Waals surface area contributed by atoms with E-state index in [4.69, 9.17) is 15.9 Å². The average molecular weight is 383 g/mol. The van der Waals surface area contributed by atoms with Gasteiger partial charge < -0.3 is 25.8 Å². The van der Waals surface area contributed by atoms with E-state index in [-0.39, 0.29) is 5.91 Å². The summed E-state index contributed by atoms with van der Waals surface area (Å²) >= 11 is 0. The zero-order chi connectivity index (χ0) is 19.8. The lowest BCUT2D eigenvalue weighted by molar-refractivity contribution is -0.118. The number of nitrogen functional groups attached to an aromatic ring is 1. The van der Waals surface area contributed by atoms with Crippen molar-refractivity contribution in [3.05, 3.63) is 17.4 Å². The average Bonchev–Trinajstić information content (AvgIpc) is 3.24. The minimum atomic E-state index is -0.250. The molecule has 9 nitrogen and oxygen atoms in total. The molecule has 9 heteroatoms. The number of imidazole rings is 1. The third-order valence-corrected chi connectivity index (χ3v) is 5.37. The monoisotopic (exact) mass is 383 g/mol. The number of hydrogen-bond acceptors (Lipinski definition) is 7. The Labute approximate surface area is 162 Å². The lowest BCUT2D eigenvalue weighted by Crippen LogP contribution is -2.36. The predicted octanol–water partition coefficient (Wildman–Crippen LogP) is 2.29. The maximum absolute atomic E-state index is 11.1. The molecule has 5 N–H and O–H groups in total. The van der Waals surface area contributed by atoms with Gasteiger partial charge in [0.1, 0.15) is 11.3 Å². The number of piperidine rings is 1. The number of aromatic nitrogens is 4. The fraction of sp³-hybridized carbons (Fsp3) is 0.474. The Balaban J connectivity index is 1.60. The van der Waals surface area contributed by atoms with Gasteiger partial charge in [-0.05, 0) is 50.7 Å². The molecule has 1 aliphatic rings. The van der Waals surface area contributed by atoms with Crippen molar-refractivity contribution in [1.29, 1.82) is 0 Å². The molecule has 28 heavy (non-hydrogen) atoms. The predicted molar refractivity (Wildman–Crippen MR) is 107 cm³/mol. The van der Waals surface area contributed by atoms with E-state index in [0.717, 1.165) is 49.6 Å². The van der Waals surface area contributed by atoms with Crippen LogP contribution in [0.3, 0.4) is 0 Å². The molecule has 0 aromatic carbocycles. The Morgan fingerprint density at radius 2 is 2.18 bits per heavy atom. The maximum atomic E-state index is 11.1. The first-order valence-corrected chi connectivity index (χ1v) is 9.54. The molecule has 1 aliphatic heterocycles. The molecule has 3 aromatic heterocycles. The number of amides is 1. The van der Waals surface area contributed by atoms with Gasteiger partial charge in [0.05, 0.1) is 0 Å². The number of furan rings is 1. The number of primary amides is 1. The number of aromatic amines is 1. The number of carbonyl (C=O) groups is 1. The van der Waals surface area contributed by atoms with Crippen molar-refractivity contribution in [1.82, 2.24) is 19.9 Å². The summed E-state index contributed by atoms with van der Waals surface area (Å²) in [6.45, 7) is 5.59.